The van der Waals surface area contributed by atoms with Gasteiger partial charge in [0, 0.05) is 38.6 Å². The Morgan fingerprint density at radius 2 is 1.94 bits per heavy atom. The van der Waals surface area contributed by atoms with Crippen LogP contribution in [-0.2, 0) is 4.79 Å². The summed E-state index contributed by atoms with van der Waals surface area (Å²) < 4.78 is 0.870. The highest BCUT2D eigenvalue weighted by Gasteiger charge is 2.21. The van der Waals surface area contributed by atoms with Gasteiger partial charge in [0.2, 0.25) is 11.9 Å². The maximum Gasteiger partial charge on any atom is 0.236 e. The van der Waals surface area contributed by atoms with E-state index in [1.165, 1.54) is 0 Å². The molecule has 0 bridgehead atoms. The summed E-state index contributed by atoms with van der Waals surface area (Å²) in [6.45, 7) is 3.39. The number of piperazine rings is 1. The quantitative estimate of drug-likeness (QED) is 0.858. The highest BCUT2D eigenvalue weighted by Crippen LogP contribution is 2.13. The molecule has 0 radical (unpaired) electrons. The number of carbonyl (C=O) groups excluding carboxylic acids is 1. The highest BCUT2D eigenvalue weighted by molar-refractivity contribution is 9.10. The van der Waals surface area contributed by atoms with Crippen molar-refractivity contribution < 1.29 is 4.79 Å². The Hall–Kier alpha value is -1.21. The molecule has 6 nitrogen and oxygen atoms in total. The van der Waals surface area contributed by atoms with Crippen LogP contribution in [-0.4, -0.2) is 60.5 Å². The molecule has 1 aliphatic rings. The van der Waals surface area contributed by atoms with E-state index in [1.807, 2.05) is 4.90 Å². The Labute approximate surface area is 115 Å². The third-order valence-electron chi connectivity index (χ3n) is 2.85. The number of hydrogen-bond acceptors (Lipinski definition) is 5. The lowest BCUT2D eigenvalue weighted by Crippen LogP contribution is -2.51. The van der Waals surface area contributed by atoms with Gasteiger partial charge in [-0.05, 0) is 23.0 Å². The normalized spacial score (nSPS) is 15.9. The van der Waals surface area contributed by atoms with Crippen LogP contribution in [0.5, 0.6) is 0 Å². The summed E-state index contributed by atoms with van der Waals surface area (Å²) in [5.41, 5.74) is 0. The van der Waals surface area contributed by atoms with Crippen LogP contribution < -0.4 is 10.2 Å². The minimum absolute atomic E-state index is 0.147. The number of anilines is 1. The van der Waals surface area contributed by atoms with Crippen LogP contribution >= 0.6 is 15.9 Å². The molecule has 0 aliphatic carbocycles. The summed E-state index contributed by atoms with van der Waals surface area (Å²) in [5.74, 6) is 0.868. The number of nitrogens with one attached hydrogen (secondary N) is 1. The molecule has 0 spiro atoms. The third-order valence-corrected chi connectivity index (χ3v) is 3.26. The van der Waals surface area contributed by atoms with Gasteiger partial charge in [0.25, 0.3) is 0 Å². The van der Waals surface area contributed by atoms with E-state index in [9.17, 15) is 4.79 Å². The number of carbonyl (C=O) groups is 1. The van der Waals surface area contributed by atoms with Gasteiger partial charge >= 0.3 is 0 Å². The molecule has 1 saturated heterocycles. The van der Waals surface area contributed by atoms with Crippen molar-refractivity contribution in [2.24, 2.45) is 0 Å². The van der Waals surface area contributed by atoms with Gasteiger partial charge in [-0.1, -0.05) is 0 Å². The van der Waals surface area contributed by atoms with Crippen molar-refractivity contribution in [3.05, 3.63) is 16.9 Å². The molecule has 1 aromatic heterocycles. The second-order valence-electron chi connectivity index (χ2n) is 4.10. The van der Waals surface area contributed by atoms with E-state index in [1.54, 1.807) is 19.4 Å². The summed E-state index contributed by atoms with van der Waals surface area (Å²) in [7, 11) is 1.78. The number of halogens is 1. The highest BCUT2D eigenvalue weighted by atomic mass is 79.9. The Morgan fingerprint density at radius 1 is 1.33 bits per heavy atom. The zero-order chi connectivity index (χ0) is 13.0. The van der Waals surface area contributed by atoms with Gasteiger partial charge in [0.1, 0.15) is 0 Å². The molecule has 0 aromatic carbocycles. The topological polar surface area (TPSA) is 61.4 Å². The second-order valence-corrected chi connectivity index (χ2v) is 5.02. The first-order valence-electron chi connectivity index (χ1n) is 5.85. The van der Waals surface area contributed by atoms with Crippen molar-refractivity contribution in [2.45, 2.75) is 0 Å². The number of rotatable bonds is 3. The lowest BCUT2D eigenvalue weighted by atomic mass is 10.3. The average molecular weight is 314 g/mol. The molecule has 1 aliphatic heterocycles. The lowest BCUT2D eigenvalue weighted by Gasteiger charge is -2.34. The summed E-state index contributed by atoms with van der Waals surface area (Å²) in [4.78, 5) is 24.2. The fourth-order valence-electron chi connectivity index (χ4n) is 1.89. The predicted molar refractivity (Wildman–Crippen MR) is 72.5 cm³/mol. The van der Waals surface area contributed by atoms with E-state index in [0.29, 0.717) is 6.54 Å². The number of nitrogens with zero attached hydrogens (tertiary/aromatic N) is 4. The number of amides is 1. The van der Waals surface area contributed by atoms with E-state index in [4.69, 9.17) is 0 Å². The lowest BCUT2D eigenvalue weighted by molar-refractivity contribution is -0.130. The molecule has 1 amide bonds. The fraction of sp³-hybridized carbons (Fsp3) is 0.545. The van der Waals surface area contributed by atoms with E-state index in [-0.39, 0.29) is 5.91 Å². The second kappa shape index (κ2) is 6.10. The van der Waals surface area contributed by atoms with Crippen molar-refractivity contribution in [3.8, 4) is 0 Å². The monoisotopic (exact) mass is 313 g/mol. The summed E-state index contributed by atoms with van der Waals surface area (Å²) in [5, 5.41) is 2.88. The van der Waals surface area contributed by atoms with Gasteiger partial charge < -0.3 is 15.1 Å². The third kappa shape index (κ3) is 3.17. The molecular formula is C11H16BrN5O. The van der Waals surface area contributed by atoms with Crippen molar-refractivity contribution in [2.75, 3.05) is 44.7 Å². The number of hydrogen-bond donors (Lipinski definition) is 1. The number of aromatic nitrogens is 2. The van der Waals surface area contributed by atoms with Crippen molar-refractivity contribution >= 4 is 27.8 Å². The molecule has 0 unspecified atom stereocenters. The fourth-order valence-corrected chi connectivity index (χ4v) is 2.09. The van der Waals surface area contributed by atoms with Crippen LogP contribution in [0.3, 0.4) is 0 Å². The van der Waals surface area contributed by atoms with Crippen molar-refractivity contribution in [1.29, 1.82) is 0 Å². The van der Waals surface area contributed by atoms with Crippen LogP contribution in [0.15, 0.2) is 16.9 Å². The molecule has 1 fully saturated rings. The molecular weight excluding hydrogens is 298 g/mol. The molecule has 1 aromatic rings. The molecule has 1 N–H and O–H groups in total. The summed E-state index contributed by atoms with van der Waals surface area (Å²) >= 11 is 3.31. The molecule has 18 heavy (non-hydrogen) atoms. The Kier molecular flexibility index (Phi) is 4.48. The van der Waals surface area contributed by atoms with E-state index in [2.05, 4.69) is 36.1 Å². The Morgan fingerprint density at radius 3 is 2.50 bits per heavy atom. The molecule has 2 rings (SSSR count). The molecule has 0 atom stereocenters. The SMILES string of the molecule is CNCC(=O)N1CCN(c2ncc(Br)cn2)CC1. The van der Waals surface area contributed by atoms with Crippen LogP contribution in [0.2, 0.25) is 0 Å². The molecule has 98 valence electrons. The minimum atomic E-state index is 0.147. The predicted octanol–water partition coefficient (Wildman–Crippen LogP) is 0.107. The van der Waals surface area contributed by atoms with Crippen molar-refractivity contribution in [3.63, 3.8) is 0 Å². The van der Waals surface area contributed by atoms with Gasteiger partial charge in [-0.15, -0.1) is 0 Å². The van der Waals surface area contributed by atoms with Crippen molar-refractivity contribution in [1.82, 2.24) is 20.2 Å². The summed E-state index contributed by atoms with van der Waals surface area (Å²) in [6.07, 6.45) is 3.47. The maximum atomic E-state index is 11.7. The van der Waals surface area contributed by atoms with Gasteiger partial charge in [-0.2, -0.15) is 0 Å². The Bertz CT molecular complexity index is 402. The smallest absolute Gasteiger partial charge is 0.236 e. The van der Waals surface area contributed by atoms with Crippen LogP contribution in [0.25, 0.3) is 0 Å². The van der Waals surface area contributed by atoms with Gasteiger partial charge in [0.15, 0.2) is 0 Å². The van der Waals surface area contributed by atoms with Gasteiger partial charge in [-0.25, -0.2) is 9.97 Å². The van der Waals surface area contributed by atoms with E-state index in [0.717, 1.165) is 36.6 Å². The number of likely N-dealkylation sites (N-methyl/N-ethyl adjacent to an activating group) is 1. The van der Waals surface area contributed by atoms with Crippen LogP contribution in [0.1, 0.15) is 0 Å². The Balaban J connectivity index is 1.90. The minimum Gasteiger partial charge on any atom is -0.338 e. The summed E-state index contributed by atoms with van der Waals surface area (Å²) in [6, 6.07) is 0. The molecule has 2 heterocycles. The molecule has 0 saturated carbocycles. The first kappa shape index (κ1) is 13.2. The van der Waals surface area contributed by atoms with E-state index >= 15 is 0 Å². The van der Waals surface area contributed by atoms with Gasteiger partial charge in [-0.3, -0.25) is 4.79 Å². The first-order valence-corrected chi connectivity index (χ1v) is 6.65. The van der Waals surface area contributed by atoms with Gasteiger partial charge in [0.05, 0.1) is 11.0 Å². The first-order chi connectivity index (χ1) is 8.70. The zero-order valence-electron chi connectivity index (χ0n) is 10.3. The molecule has 7 heteroatoms. The van der Waals surface area contributed by atoms with Crippen LogP contribution in [0, 0.1) is 0 Å². The largest absolute Gasteiger partial charge is 0.338 e. The van der Waals surface area contributed by atoms with E-state index < -0.39 is 0 Å². The standard InChI is InChI=1S/C11H16BrN5O/c1-13-8-10(18)16-2-4-17(5-3-16)11-14-6-9(12)7-15-11/h6-7,13H,2-5,8H2,1H3. The maximum absolute atomic E-state index is 11.7. The van der Waals surface area contributed by atoms with Crippen LogP contribution in [0.4, 0.5) is 5.95 Å². The zero-order valence-corrected chi connectivity index (χ0v) is 11.9. The average Bonchev–Trinajstić information content (AvgIpc) is 2.40.